The number of anilines is 1. The Morgan fingerprint density at radius 2 is 2.12 bits per heavy atom. The van der Waals surface area contributed by atoms with Gasteiger partial charge in [0.1, 0.15) is 5.75 Å². The molecule has 0 bridgehead atoms. The summed E-state index contributed by atoms with van der Waals surface area (Å²) < 4.78 is 5.85. The topological polar surface area (TPSA) is 21.3 Å². The van der Waals surface area contributed by atoms with Crippen LogP contribution < -0.4 is 10.1 Å². The number of para-hydroxylation sites is 1. The van der Waals surface area contributed by atoms with Crippen molar-refractivity contribution in [1.82, 2.24) is 0 Å². The van der Waals surface area contributed by atoms with Crippen molar-refractivity contribution in [2.75, 3.05) is 19.0 Å². The normalized spacial score (nSPS) is 21.6. The van der Waals surface area contributed by atoms with E-state index in [1.54, 1.807) is 7.11 Å². The highest BCUT2D eigenvalue weighted by molar-refractivity contribution is 8.01. The van der Waals surface area contributed by atoms with Crippen LogP contribution in [0.3, 0.4) is 0 Å². The van der Waals surface area contributed by atoms with E-state index in [1.807, 2.05) is 6.07 Å². The van der Waals surface area contributed by atoms with E-state index in [0.717, 1.165) is 12.3 Å². The number of methoxy groups -OCH3 is 1. The second-order valence-corrected chi connectivity index (χ2v) is 6.19. The van der Waals surface area contributed by atoms with E-state index in [2.05, 4.69) is 29.2 Å². The fraction of sp³-hybridized carbons (Fsp3) is 0.538. The van der Waals surface area contributed by atoms with Crippen molar-refractivity contribution < 1.29 is 4.74 Å². The van der Waals surface area contributed by atoms with Gasteiger partial charge in [0.15, 0.2) is 0 Å². The molecule has 1 saturated carbocycles. The average molecular weight is 235 g/mol. The Kier molecular flexibility index (Phi) is 2.51. The van der Waals surface area contributed by atoms with Crippen LogP contribution in [0.15, 0.2) is 23.1 Å². The van der Waals surface area contributed by atoms with Gasteiger partial charge in [0.25, 0.3) is 0 Å². The van der Waals surface area contributed by atoms with Gasteiger partial charge in [-0.2, -0.15) is 0 Å². The van der Waals surface area contributed by atoms with Gasteiger partial charge >= 0.3 is 0 Å². The van der Waals surface area contributed by atoms with Gasteiger partial charge in [0.05, 0.1) is 12.8 Å². The van der Waals surface area contributed by atoms with E-state index in [4.69, 9.17) is 4.74 Å². The molecule has 0 unspecified atom stereocenters. The fourth-order valence-electron chi connectivity index (χ4n) is 2.76. The van der Waals surface area contributed by atoms with Crippen molar-refractivity contribution in [2.24, 2.45) is 0 Å². The number of rotatable bonds is 1. The molecule has 1 aromatic rings. The van der Waals surface area contributed by atoms with Gasteiger partial charge in [-0.1, -0.05) is 18.9 Å². The molecule has 1 heterocycles. The Hall–Kier alpha value is -0.830. The molecule has 0 aromatic heterocycles. The molecule has 86 valence electrons. The maximum absolute atomic E-state index is 5.39. The van der Waals surface area contributed by atoms with Gasteiger partial charge in [-0.15, -0.1) is 11.8 Å². The lowest BCUT2D eigenvalue weighted by atomic mass is 10.1. The zero-order chi connectivity index (χ0) is 11.0. The van der Waals surface area contributed by atoms with Crippen LogP contribution in [-0.2, 0) is 0 Å². The summed E-state index contributed by atoms with van der Waals surface area (Å²) in [5.41, 5.74) is 1.19. The monoisotopic (exact) mass is 235 g/mol. The van der Waals surface area contributed by atoms with Gasteiger partial charge in [-0.05, 0) is 25.0 Å². The quantitative estimate of drug-likeness (QED) is 0.804. The van der Waals surface area contributed by atoms with Crippen molar-refractivity contribution in [1.29, 1.82) is 0 Å². The minimum atomic E-state index is 0.458. The number of hydrogen-bond acceptors (Lipinski definition) is 3. The second kappa shape index (κ2) is 3.88. The molecular weight excluding hydrogens is 218 g/mol. The van der Waals surface area contributed by atoms with Gasteiger partial charge in [0.2, 0.25) is 0 Å². The molecule has 2 nitrogen and oxygen atoms in total. The SMILES string of the molecule is COc1cccc2c1NCC1(CCCC1)S2. The molecule has 2 aliphatic rings. The van der Waals surface area contributed by atoms with Crippen molar-refractivity contribution in [2.45, 2.75) is 35.3 Å². The zero-order valence-corrected chi connectivity index (χ0v) is 10.4. The Balaban J connectivity index is 1.94. The van der Waals surface area contributed by atoms with Crippen molar-refractivity contribution in [3.63, 3.8) is 0 Å². The summed E-state index contributed by atoms with van der Waals surface area (Å²) >= 11 is 2.05. The summed E-state index contributed by atoms with van der Waals surface area (Å²) in [6.45, 7) is 1.09. The molecule has 1 fully saturated rings. The lowest BCUT2D eigenvalue weighted by molar-refractivity contribution is 0.415. The van der Waals surface area contributed by atoms with Crippen molar-refractivity contribution in [3.05, 3.63) is 18.2 Å². The Morgan fingerprint density at radius 3 is 2.88 bits per heavy atom. The molecule has 1 spiro atoms. The molecule has 0 amide bonds. The first-order chi connectivity index (χ1) is 7.83. The first-order valence-corrected chi connectivity index (χ1v) is 6.75. The molecule has 0 radical (unpaired) electrons. The number of fused-ring (bicyclic) bond motifs is 1. The standard InChI is InChI=1S/C13H17NOS/c1-15-10-5-4-6-11-12(10)14-9-13(16-11)7-2-3-8-13/h4-6,14H,2-3,7-9H2,1H3. The largest absolute Gasteiger partial charge is 0.495 e. The maximum atomic E-state index is 5.39. The number of hydrogen-bond donors (Lipinski definition) is 1. The van der Waals surface area contributed by atoms with Crippen molar-refractivity contribution >= 4 is 17.4 Å². The molecule has 1 aromatic carbocycles. The lowest BCUT2D eigenvalue weighted by Crippen LogP contribution is -2.33. The molecular formula is C13H17NOS. The summed E-state index contributed by atoms with van der Waals surface area (Å²) in [5, 5.41) is 3.57. The molecule has 0 saturated heterocycles. The van der Waals surface area contributed by atoms with E-state index in [0.29, 0.717) is 4.75 Å². The predicted octanol–water partition coefficient (Wildman–Crippen LogP) is 3.53. The first kappa shape index (κ1) is 10.3. The van der Waals surface area contributed by atoms with Crippen molar-refractivity contribution in [3.8, 4) is 5.75 Å². The van der Waals surface area contributed by atoms with Gasteiger partial charge in [-0.3, -0.25) is 0 Å². The first-order valence-electron chi connectivity index (χ1n) is 5.93. The van der Waals surface area contributed by atoms with Crippen LogP contribution in [0.4, 0.5) is 5.69 Å². The summed E-state index contributed by atoms with van der Waals surface area (Å²) in [6, 6.07) is 6.31. The summed E-state index contributed by atoms with van der Waals surface area (Å²) in [5.74, 6) is 0.970. The van der Waals surface area contributed by atoms with Gasteiger partial charge in [0, 0.05) is 16.2 Å². The Labute approximate surface area is 101 Å². The van der Waals surface area contributed by atoms with E-state index in [9.17, 15) is 0 Å². The zero-order valence-electron chi connectivity index (χ0n) is 9.58. The molecule has 1 N–H and O–H groups in total. The van der Waals surface area contributed by atoms with E-state index in [-0.39, 0.29) is 0 Å². The summed E-state index contributed by atoms with van der Waals surface area (Å²) in [4.78, 5) is 1.35. The number of thioether (sulfide) groups is 1. The van der Waals surface area contributed by atoms with Gasteiger partial charge < -0.3 is 10.1 Å². The van der Waals surface area contributed by atoms with Crippen LogP contribution in [0, 0.1) is 0 Å². The molecule has 1 aliphatic heterocycles. The third-order valence-corrected chi connectivity index (χ3v) is 5.18. The van der Waals surface area contributed by atoms with Crippen LogP contribution in [-0.4, -0.2) is 18.4 Å². The van der Waals surface area contributed by atoms with E-state index in [1.165, 1.54) is 36.3 Å². The van der Waals surface area contributed by atoms with Gasteiger partial charge in [-0.25, -0.2) is 0 Å². The third kappa shape index (κ3) is 1.58. The smallest absolute Gasteiger partial charge is 0.143 e. The number of benzene rings is 1. The van der Waals surface area contributed by atoms with E-state index >= 15 is 0 Å². The highest BCUT2D eigenvalue weighted by atomic mass is 32.2. The van der Waals surface area contributed by atoms with E-state index < -0.39 is 0 Å². The highest BCUT2D eigenvalue weighted by Gasteiger charge is 2.38. The van der Waals surface area contributed by atoms with Crippen LogP contribution >= 0.6 is 11.8 Å². The minimum Gasteiger partial charge on any atom is -0.495 e. The lowest BCUT2D eigenvalue weighted by Gasteiger charge is -2.35. The second-order valence-electron chi connectivity index (χ2n) is 4.68. The van der Waals surface area contributed by atoms with Crippen LogP contribution in [0.2, 0.25) is 0 Å². The number of nitrogens with one attached hydrogen (secondary N) is 1. The molecule has 0 atom stereocenters. The minimum absolute atomic E-state index is 0.458. The molecule has 1 aliphatic carbocycles. The molecule has 3 heteroatoms. The average Bonchev–Trinajstić information content (AvgIpc) is 2.76. The summed E-state index contributed by atoms with van der Waals surface area (Å²) in [7, 11) is 1.74. The van der Waals surface area contributed by atoms with Crippen LogP contribution in [0.5, 0.6) is 5.75 Å². The highest BCUT2D eigenvalue weighted by Crippen LogP contribution is 2.52. The fourth-order valence-corrected chi connectivity index (χ4v) is 4.28. The third-order valence-electron chi connectivity index (χ3n) is 3.64. The Morgan fingerprint density at radius 1 is 1.31 bits per heavy atom. The van der Waals surface area contributed by atoms with Crippen LogP contribution in [0.1, 0.15) is 25.7 Å². The van der Waals surface area contributed by atoms with Crippen LogP contribution in [0.25, 0.3) is 0 Å². The number of ether oxygens (including phenoxy) is 1. The molecule has 3 rings (SSSR count). The maximum Gasteiger partial charge on any atom is 0.143 e. The molecule has 16 heavy (non-hydrogen) atoms. The predicted molar refractivity (Wildman–Crippen MR) is 68.5 cm³/mol. The Bertz CT molecular complexity index is 399. The summed E-state index contributed by atoms with van der Waals surface area (Å²) in [6.07, 6.45) is 5.46.